The number of hydrogen-bond donors (Lipinski definition) is 0. The first-order valence-electron chi connectivity index (χ1n) is 4.37. The molecule has 72 valence electrons. The molecule has 1 aliphatic carbocycles. The van der Waals surface area contributed by atoms with Gasteiger partial charge in [-0.3, -0.25) is 9.59 Å². The molecule has 0 aliphatic heterocycles. The van der Waals surface area contributed by atoms with E-state index in [9.17, 15) is 9.59 Å². The maximum absolute atomic E-state index is 11.6. The largest absolute Gasteiger partial charge is 0.451 e. The minimum Gasteiger partial charge on any atom is -0.451 e. The predicted octanol–water partition coefficient (Wildman–Crippen LogP) is 1.62. The molecule has 0 heterocycles. The van der Waals surface area contributed by atoms with Crippen LogP contribution in [0.2, 0.25) is 0 Å². The summed E-state index contributed by atoms with van der Waals surface area (Å²) in [5.41, 5.74) is -0.236. The van der Waals surface area contributed by atoms with Crippen molar-refractivity contribution in [2.75, 3.05) is 0 Å². The van der Waals surface area contributed by atoms with E-state index in [-0.39, 0.29) is 5.78 Å². The molecular weight excluding hydrogens is 168 g/mol. The third-order valence-corrected chi connectivity index (χ3v) is 2.28. The van der Waals surface area contributed by atoms with E-state index in [4.69, 9.17) is 4.74 Å². The zero-order valence-corrected chi connectivity index (χ0v) is 8.22. The molecule has 1 unspecified atom stereocenters. The smallest absolute Gasteiger partial charge is 0.303 e. The highest BCUT2D eigenvalue weighted by Crippen LogP contribution is 2.27. The number of rotatable bonds is 1. The second-order valence-corrected chi connectivity index (χ2v) is 3.58. The lowest BCUT2D eigenvalue weighted by Crippen LogP contribution is -2.42. The highest BCUT2D eigenvalue weighted by molar-refractivity contribution is 6.02. The molecule has 0 spiro atoms. The molecule has 0 amide bonds. The molecule has 3 heteroatoms. The number of Topliss-reactive ketones (excluding diaryl/α,β-unsaturated/α-hetero) is 1. The van der Waals surface area contributed by atoms with Crippen LogP contribution in [0.3, 0.4) is 0 Å². The van der Waals surface area contributed by atoms with Crippen LogP contribution in [0.4, 0.5) is 0 Å². The van der Waals surface area contributed by atoms with Gasteiger partial charge in [0.05, 0.1) is 0 Å². The summed E-state index contributed by atoms with van der Waals surface area (Å²) < 4.78 is 5.03. The minimum absolute atomic E-state index is 0.0750. The average molecular weight is 182 g/mol. The third kappa shape index (κ3) is 1.97. The lowest BCUT2D eigenvalue weighted by Gasteiger charge is -2.30. The molecule has 0 aromatic carbocycles. The third-order valence-electron chi connectivity index (χ3n) is 2.28. The van der Waals surface area contributed by atoms with Crippen LogP contribution in [0.5, 0.6) is 0 Å². The van der Waals surface area contributed by atoms with E-state index in [1.807, 2.05) is 6.08 Å². The Morgan fingerprint density at radius 2 is 2.23 bits per heavy atom. The summed E-state index contributed by atoms with van der Waals surface area (Å²) in [6, 6.07) is 0. The van der Waals surface area contributed by atoms with E-state index < -0.39 is 11.6 Å². The van der Waals surface area contributed by atoms with Gasteiger partial charge in [-0.2, -0.15) is 0 Å². The van der Waals surface area contributed by atoms with E-state index in [0.29, 0.717) is 12.0 Å². The molecule has 1 atom stereocenters. The Hall–Kier alpha value is -1.12. The first-order chi connectivity index (χ1) is 5.96. The van der Waals surface area contributed by atoms with Gasteiger partial charge in [-0.15, -0.1) is 0 Å². The summed E-state index contributed by atoms with van der Waals surface area (Å²) in [4.78, 5) is 22.4. The highest BCUT2D eigenvalue weighted by Gasteiger charge is 2.38. The number of ether oxygens (including phenoxy) is 1. The van der Waals surface area contributed by atoms with Crippen LogP contribution in [0.1, 0.15) is 33.6 Å². The number of esters is 1. The zero-order chi connectivity index (χ0) is 10.1. The molecule has 0 bridgehead atoms. The Labute approximate surface area is 77.8 Å². The molecule has 13 heavy (non-hydrogen) atoms. The van der Waals surface area contributed by atoms with Crippen molar-refractivity contribution >= 4 is 11.8 Å². The molecule has 0 radical (unpaired) electrons. The number of hydrogen-bond acceptors (Lipinski definition) is 3. The van der Waals surface area contributed by atoms with E-state index in [1.165, 1.54) is 6.92 Å². The number of carbonyl (C=O) groups excluding carboxylic acids is 2. The van der Waals surface area contributed by atoms with Crippen LogP contribution in [0.15, 0.2) is 11.6 Å². The van der Waals surface area contributed by atoms with Crippen molar-refractivity contribution in [3.8, 4) is 0 Å². The summed E-state index contributed by atoms with van der Waals surface area (Å²) >= 11 is 0. The first kappa shape index (κ1) is 9.96. The van der Waals surface area contributed by atoms with Gasteiger partial charge in [0.25, 0.3) is 0 Å². The van der Waals surface area contributed by atoms with Crippen LogP contribution in [-0.4, -0.2) is 17.4 Å². The fourth-order valence-corrected chi connectivity index (χ4v) is 1.60. The lowest BCUT2D eigenvalue weighted by atomic mass is 9.85. The molecule has 0 N–H and O–H groups in total. The fraction of sp³-hybridized carbons (Fsp3) is 0.600. The van der Waals surface area contributed by atoms with Crippen LogP contribution in [0, 0.1) is 0 Å². The summed E-state index contributed by atoms with van der Waals surface area (Å²) in [6.45, 7) is 4.75. The topological polar surface area (TPSA) is 43.4 Å². The second-order valence-electron chi connectivity index (χ2n) is 3.58. The van der Waals surface area contributed by atoms with Gasteiger partial charge in [0, 0.05) is 6.92 Å². The van der Waals surface area contributed by atoms with Gasteiger partial charge in [0.2, 0.25) is 5.78 Å². The number of ketones is 1. The van der Waals surface area contributed by atoms with Gasteiger partial charge < -0.3 is 4.74 Å². The Morgan fingerprint density at radius 1 is 1.62 bits per heavy atom. The Morgan fingerprint density at radius 3 is 2.77 bits per heavy atom. The molecule has 3 nitrogen and oxygen atoms in total. The predicted molar refractivity (Wildman–Crippen MR) is 48.2 cm³/mol. The Kier molecular flexibility index (Phi) is 2.55. The number of allylic oxidation sites excluding steroid dienone is 1. The van der Waals surface area contributed by atoms with Gasteiger partial charge in [-0.25, -0.2) is 0 Å². The molecule has 0 fully saturated rings. The van der Waals surface area contributed by atoms with Gasteiger partial charge >= 0.3 is 5.97 Å². The van der Waals surface area contributed by atoms with Crippen molar-refractivity contribution in [1.82, 2.24) is 0 Å². The minimum atomic E-state index is -0.926. The van der Waals surface area contributed by atoms with E-state index >= 15 is 0 Å². The summed E-state index contributed by atoms with van der Waals surface area (Å²) in [5, 5.41) is 0. The average Bonchev–Trinajstić information content (AvgIpc) is 1.99. The zero-order valence-electron chi connectivity index (χ0n) is 8.22. The van der Waals surface area contributed by atoms with Crippen LogP contribution >= 0.6 is 0 Å². The van der Waals surface area contributed by atoms with Crippen molar-refractivity contribution in [2.24, 2.45) is 0 Å². The quantitative estimate of drug-likeness (QED) is 0.579. The second kappa shape index (κ2) is 3.32. The summed E-state index contributed by atoms with van der Waals surface area (Å²) in [6.07, 6.45) is 3.26. The Balaban J connectivity index is 2.85. The van der Waals surface area contributed by atoms with E-state index in [2.05, 4.69) is 0 Å². The summed E-state index contributed by atoms with van der Waals surface area (Å²) in [7, 11) is 0. The van der Waals surface area contributed by atoms with Crippen LogP contribution < -0.4 is 0 Å². The van der Waals surface area contributed by atoms with E-state index in [1.54, 1.807) is 13.8 Å². The first-order valence-corrected chi connectivity index (χ1v) is 4.37. The van der Waals surface area contributed by atoms with Crippen molar-refractivity contribution < 1.29 is 14.3 Å². The normalized spacial score (nSPS) is 28.2. The maximum atomic E-state index is 11.6. The highest BCUT2D eigenvalue weighted by atomic mass is 16.6. The monoisotopic (exact) mass is 182 g/mol. The van der Waals surface area contributed by atoms with Gasteiger partial charge in [0.1, 0.15) is 0 Å². The molecule has 0 aromatic rings. The Bertz CT molecular complexity index is 278. The van der Waals surface area contributed by atoms with Gasteiger partial charge in [-0.1, -0.05) is 6.08 Å². The molecule has 1 rings (SSSR count). The molecule has 0 aromatic heterocycles. The van der Waals surface area contributed by atoms with Crippen molar-refractivity contribution in [2.45, 2.75) is 39.2 Å². The molecule has 1 aliphatic rings. The van der Waals surface area contributed by atoms with Crippen molar-refractivity contribution in [3.63, 3.8) is 0 Å². The SMILES string of the molecule is CC(=O)OC1(C)CCC=C(C)C1=O. The van der Waals surface area contributed by atoms with E-state index in [0.717, 1.165) is 6.42 Å². The lowest BCUT2D eigenvalue weighted by molar-refractivity contribution is -0.163. The fourth-order valence-electron chi connectivity index (χ4n) is 1.60. The maximum Gasteiger partial charge on any atom is 0.303 e. The van der Waals surface area contributed by atoms with Gasteiger partial charge in [-0.05, 0) is 32.3 Å². The number of carbonyl (C=O) groups is 2. The molecule has 0 saturated heterocycles. The van der Waals surface area contributed by atoms with Crippen LogP contribution in [-0.2, 0) is 14.3 Å². The van der Waals surface area contributed by atoms with Crippen LogP contribution in [0.25, 0.3) is 0 Å². The van der Waals surface area contributed by atoms with Gasteiger partial charge in [0.15, 0.2) is 5.60 Å². The van der Waals surface area contributed by atoms with Crippen molar-refractivity contribution in [3.05, 3.63) is 11.6 Å². The summed E-state index contributed by atoms with van der Waals surface area (Å²) in [5.74, 6) is -0.473. The standard InChI is InChI=1S/C10H14O3/c1-7-5-4-6-10(3,9(7)12)13-8(2)11/h5H,4,6H2,1-3H3. The molecular formula is C10H14O3. The van der Waals surface area contributed by atoms with Crippen molar-refractivity contribution in [1.29, 1.82) is 0 Å². The molecule has 0 saturated carbocycles.